The lowest BCUT2D eigenvalue weighted by Crippen LogP contribution is -2.32. The molecule has 0 aliphatic heterocycles. The molecule has 0 aromatic carbocycles. The molecule has 3 rings (SSSR count). The quantitative estimate of drug-likeness (QED) is 0.535. The minimum atomic E-state index is -4.67. The molecule has 0 saturated heterocycles. The first-order valence-corrected chi connectivity index (χ1v) is 9.72. The summed E-state index contributed by atoms with van der Waals surface area (Å²) in [6.07, 6.45) is -3.09. The third-order valence-electron chi connectivity index (χ3n) is 4.31. The lowest BCUT2D eigenvalue weighted by Gasteiger charge is -2.21. The normalized spacial score (nSPS) is 11.8. The molecule has 3 aromatic rings. The van der Waals surface area contributed by atoms with E-state index in [1.807, 2.05) is 6.07 Å². The number of amides is 1. The summed E-state index contributed by atoms with van der Waals surface area (Å²) >= 11 is 7.33. The highest BCUT2D eigenvalue weighted by molar-refractivity contribution is 7.16. The van der Waals surface area contributed by atoms with Crippen LogP contribution in [-0.2, 0) is 23.9 Å². The van der Waals surface area contributed by atoms with Crippen LogP contribution in [0.3, 0.4) is 0 Å². The SMILES string of the molecule is C=CCN(Cc1ccc(Cl)s1)C(=O)Cc1c(C)nc2nc(C(F)(F)F)nn2c1C. The van der Waals surface area contributed by atoms with Crippen molar-refractivity contribution in [2.24, 2.45) is 0 Å². The lowest BCUT2D eigenvalue weighted by molar-refractivity contribution is -0.144. The monoisotopic (exact) mass is 443 g/mol. The predicted molar refractivity (Wildman–Crippen MR) is 104 cm³/mol. The van der Waals surface area contributed by atoms with E-state index in [2.05, 4.69) is 21.6 Å². The number of fused-ring (bicyclic) bond motifs is 1. The van der Waals surface area contributed by atoms with Crippen LogP contribution >= 0.6 is 22.9 Å². The third kappa shape index (κ3) is 4.59. The van der Waals surface area contributed by atoms with E-state index in [1.165, 1.54) is 11.3 Å². The summed E-state index contributed by atoms with van der Waals surface area (Å²) in [5.74, 6) is -1.63. The van der Waals surface area contributed by atoms with Crippen molar-refractivity contribution in [3.8, 4) is 0 Å². The Kier molecular flexibility index (Phi) is 5.95. The molecule has 154 valence electrons. The predicted octanol–water partition coefficient (Wildman–Crippen LogP) is 4.23. The van der Waals surface area contributed by atoms with Crippen molar-refractivity contribution in [3.63, 3.8) is 0 Å². The van der Waals surface area contributed by atoms with Crippen LogP contribution in [-0.4, -0.2) is 36.9 Å². The van der Waals surface area contributed by atoms with Gasteiger partial charge in [0.25, 0.3) is 11.6 Å². The zero-order valence-corrected chi connectivity index (χ0v) is 17.2. The molecule has 0 N–H and O–H groups in total. The maximum atomic E-state index is 12.9. The summed E-state index contributed by atoms with van der Waals surface area (Å²) < 4.78 is 40.4. The second kappa shape index (κ2) is 8.11. The molecule has 0 aliphatic rings. The number of nitrogens with zero attached hydrogens (tertiary/aromatic N) is 5. The van der Waals surface area contributed by atoms with Crippen molar-refractivity contribution >= 4 is 34.6 Å². The highest BCUT2D eigenvalue weighted by Gasteiger charge is 2.37. The average Bonchev–Trinajstić information content (AvgIpc) is 3.24. The van der Waals surface area contributed by atoms with Crippen molar-refractivity contribution < 1.29 is 18.0 Å². The van der Waals surface area contributed by atoms with Crippen molar-refractivity contribution in [1.82, 2.24) is 24.5 Å². The van der Waals surface area contributed by atoms with Gasteiger partial charge in [0.15, 0.2) is 0 Å². The molecule has 0 aliphatic carbocycles. The highest BCUT2D eigenvalue weighted by atomic mass is 35.5. The standard InChI is InChI=1S/C18H17ClF3N5OS/c1-4-7-26(9-12-5-6-14(19)29-12)15(28)8-13-10(2)23-17-24-16(18(20,21)22)25-27(17)11(13)3/h4-6H,1,7-9H2,2-3H3. The van der Waals surface area contributed by atoms with Gasteiger partial charge in [-0.1, -0.05) is 17.7 Å². The summed E-state index contributed by atoms with van der Waals surface area (Å²) in [5, 5.41) is 3.51. The fourth-order valence-corrected chi connectivity index (χ4v) is 3.99. The summed E-state index contributed by atoms with van der Waals surface area (Å²) in [7, 11) is 0. The molecular weight excluding hydrogens is 427 g/mol. The Bertz CT molecular complexity index is 1080. The zero-order valence-electron chi connectivity index (χ0n) is 15.6. The number of carbonyl (C=O) groups is 1. The average molecular weight is 444 g/mol. The summed E-state index contributed by atoms with van der Waals surface area (Å²) in [6, 6.07) is 3.60. The maximum absolute atomic E-state index is 12.9. The molecule has 0 saturated carbocycles. The summed E-state index contributed by atoms with van der Waals surface area (Å²) in [6.45, 7) is 7.59. The van der Waals surface area contributed by atoms with Crippen LogP contribution in [0.4, 0.5) is 13.2 Å². The van der Waals surface area contributed by atoms with Crippen LogP contribution in [0.15, 0.2) is 24.8 Å². The van der Waals surface area contributed by atoms with Gasteiger partial charge in [-0.2, -0.15) is 18.2 Å². The van der Waals surface area contributed by atoms with Gasteiger partial charge in [-0.15, -0.1) is 23.0 Å². The molecular formula is C18H17ClF3N5OS. The number of hydrogen-bond donors (Lipinski definition) is 0. The van der Waals surface area contributed by atoms with Gasteiger partial charge in [-0.3, -0.25) is 4.79 Å². The largest absolute Gasteiger partial charge is 0.453 e. The number of carbonyl (C=O) groups excluding carboxylic acids is 1. The van der Waals surface area contributed by atoms with Crippen molar-refractivity contribution in [3.05, 3.63) is 56.8 Å². The molecule has 0 atom stereocenters. The summed E-state index contributed by atoms with van der Waals surface area (Å²) in [5.41, 5.74) is 1.34. The Balaban J connectivity index is 1.90. The first-order valence-electron chi connectivity index (χ1n) is 8.53. The molecule has 3 aromatic heterocycles. The van der Waals surface area contributed by atoms with E-state index in [1.54, 1.807) is 30.9 Å². The van der Waals surface area contributed by atoms with Gasteiger partial charge in [0.2, 0.25) is 5.91 Å². The topological polar surface area (TPSA) is 63.4 Å². The lowest BCUT2D eigenvalue weighted by atomic mass is 10.1. The molecule has 6 nitrogen and oxygen atoms in total. The van der Waals surface area contributed by atoms with E-state index in [0.717, 1.165) is 9.39 Å². The Hall–Kier alpha value is -2.46. The molecule has 3 heterocycles. The Morgan fingerprint density at radius 3 is 2.66 bits per heavy atom. The first-order chi connectivity index (χ1) is 13.6. The molecule has 1 amide bonds. The minimum absolute atomic E-state index is 0.0330. The Morgan fingerprint density at radius 1 is 1.34 bits per heavy atom. The summed E-state index contributed by atoms with van der Waals surface area (Å²) in [4.78, 5) is 23.0. The number of rotatable bonds is 6. The number of aromatic nitrogens is 4. The second-order valence-corrected chi connectivity index (χ2v) is 8.15. The maximum Gasteiger partial charge on any atom is 0.453 e. The molecule has 0 bridgehead atoms. The van der Waals surface area contributed by atoms with Gasteiger partial charge < -0.3 is 4.90 Å². The fourth-order valence-electron chi connectivity index (χ4n) is 2.88. The number of hydrogen-bond acceptors (Lipinski definition) is 5. The van der Waals surface area contributed by atoms with Crippen LogP contribution < -0.4 is 0 Å². The molecule has 29 heavy (non-hydrogen) atoms. The van der Waals surface area contributed by atoms with E-state index in [0.29, 0.717) is 34.4 Å². The Morgan fingerprint density at radius 2 is 2.07 bits per heavy atom. The first kappa shape index (κ1) is 21.3. The van der Waals surface area contributed by atoms with E-state index in [9.17, 15) is 18.0 Å². The van der Waals surface area contributed by atoms with E-state index < -0.39 is 12.0 Å². The molecule has 0 spiro atoms. The minimum Gasteiger partial charge on any atom is -0.334 e. The second-order valence-electron chi connectivity index (χ2n) is 6.35. The van der Waals surface area contributed by atoms with Crippen LogP contribution in [0.25, 0.3) is 5.78 Å². The van der Waals surface area contributed by atoms with E-state index >= 15 is 0 Å². The van der Waals surface area contributed by atoms with Crippen LogP contribution in [0, 0.1) is 13.8 Å². The van der Waals surface area contributed by atoms with Crippen molar-refractivity contribution in [2.45, 2.75) is 33.0 Å². The number of alkyl halides is 3. The van der Waals surface area contributed by atoms with Crippen molar-refractivity contribution in [1.29, 1.82) is 0 Å². The van der Waals surface area contributed by atoms with Crippen LogP contribution in [0.1, 0.15) is 27.7 Å². The van der Waals surface area contributed by atoms with Gasteiger partial charge >= 0.3 is 6.18 Å². The zero-order chi connectivity index (χ0) is 21.3. The Labute approximate surface area is 173 Å². The number of thiophene rings is 1. The fraction of sp³-hybridized carbons (Fsp3) is 0.333. The van der Waals surface area contributed by atoms with E-state index in [-0.39, 0.29) is 18.1 Å². The van der Waals surface area contributed by atoms with Gasteiger partial charge in [0, 0.05) is 28.4 Å². The highest BCUT2D eigenvalue weighted by Crippen LogP contribution is 2.27. The van der Waals surface area contributed by atoms with Gasteiger partial charge in [0.1, 0.15) is 0 Å². The molecule has 0 unspecified atom stereocenters. The third-order valence-corrected chi connectivity index (χ3v) is 5.52. The van der Waals surface area contributed by atoms with Crippen molar-refractivity contribution in [2.75, 3.05) is 6.54 Å². The van der Waals surface area contributed by atoms with E-state index in [4.69, 9.17) is 11.6 Å². The van der Waals surface area contributed by atoms with Crippen LogP contribution in [0.5, 0.6) is 0 Å². The number of aryl methyl sites for hydroxylation is 2. The molecule has 0 radical (unpaired) electrons. The van der Waals surface area contributed by atoms with Gasteiger partial charge in [0.05, 0.1) is 17.3 Å². The van der Waals surface area contributed by atoms with Gasteiger partial charge in [-0.25, -0.2) is 9.50 Å². The van der Waals surface area contributed by atoms with Gasteiger partial charge in [-0.05, 0) is 26.0 Å². The van der Waals surface area contributed by atoms with Crippen LogP contribution in [0.2, 0.25) is 4.34 Å². The smallest absolute Gasteiger partial charge is 0.334 e. The molecule has 11 heteroatoms. The molecule has 0 fully saturated rings. The number of halogens is 4.